The molecule has 1 aromatic heterocycles. The Morgan fingerprint density at radius 3 is 2.48 bits per heavy atom. The molecule has 1 heterocycles. The number of rotatable bonds is 8. The number of aliphatic hydroxyl groups is 2. The molecule has 11 heteroatoms. The highest BCUT2D eigenvalue weighted by Crippen LogP contribution is 2.62. The zero-order valence-electron chi connectivity index (χ0n) is 23.7. The van der Waals surface area contributed by atoms with Gasteiger partial charge in [0.05, 0.1) is 25.5 Å². The highest BCUT2D eigenvalue weighted by Gasteiger charge is 2.59. The maximum absolute atomic E-state index is 14.3. The molecule has 2 aliphatic rings. The van der Waals surface area contributed by atoms with Crippen molar-refractivity contribution in [3.05, 3.63) is 75.8 Å². The van der Waals surface area contributed by atoms with Crippen molar-refractivity contribution < 1.29 is 33.3 Å². The number of fused-ring (bicyclic) bond motifs is 2. The molecular weight excluding hydrogens is 564 g/mol. The van der Waals surface area contributed by atoms with E-state index in [1.165, 1.54) is 17.4 Å². The van der Waals surface area contributed by atoms with Gasteiger partial charge in [-0.3, -0.25) is 14.9 Å². The van der Waals surface area contributed by atoms with Crippen molar-refractivity contribution in [2.45, 2.75) is 58.1 Å². The minimum atomic E-state index is -0.980. The Labute approximate surface area is 247 Å². The number of hydrogen-bond donors (Lipinski definition) is 4. The molecule has 1 saturated carbocycles. The first kappa shape index (κ1) is 30.1. The number of amides is 2. The smallest absolute Gasteiger partial charge is 0.263 e. The molecule has 42 heavy (non-hydrogen) atoms. The number of aliphatic hydroxyl groups excluding tert-OH is 2. The van der Waals surface area contributed by atoms with E-state index < -0.39 is 40.0 Å². The van der Waals surface area contributed by atoms with Crippen LogP contribution in [0.3, 0.4) is 0 Å². The Bertz CT molecular complexity index is 1460. The van der Waals surface area contributed by atoms with Crippen molar-refractivity contribution in [2.75, 3.05) is 19.0 Å². The normalized spacial score (nSPS) is 26.6. The summed E-state index contributed by atoms with van der Waals surface area (Å²) in [6, 6.07) is 10.6. The zero-order valence-corrected chi connectivity index (χ0v) is 24.6. The molecule has 3 aromatic rings. The van der Waals surface area contributed by atoms with Crippen LogP contribution in [0.25, 0.3) is 0 Å². The number of carbonyl (C=O) groups excluding carboxylic acids is 2. The number of nitrogens with one attached hydrogen (secondary N) is 2. The summed E-state index contributed by atoms with van der Waals surface area (Å²) < 4.78 is 33.7. The molecule has 5 atom stereocenters. The molecule has 8 nitrogen and oxygen atoms in total. The topological polar surface area (TPSA) is 121 Å². The summed E-state index contributed by atoms with van der Waals surface area (Å²) in [4.78, 5) is 31.7. The predicted octanol–water partition coefficient (Wildman–Crippen LogP) is 4.80. The summed E-state index contributed by atoms with van der Waals surface area (Å²) in [6.45, 7) is 4.04. The Morgan fingerprint density at radius 1 is 1.14 bits per heavy atom. The second kappa shape index (κ2) is 11.7. The first-order chi connectivity index (χ1) is 20.0. The number of hydrogen-bond acceptors (Lipinski definition) is 7. The third kappa shape index (κ3) is 5.41. The van der Waals surface area contributed by atoms with E-state index in [0.717, 1.165) is 28.3 Å². The summed E-state index contributed by atoms with van der Waals surface area (Å²) in [6.07, 6.45) is 0.939. The summed E-state index contributed by atoms with van der Waals surface area (Å²) in [5, 5.41) is 27.1. The lowest BCUT2D eigenvalue weighted by Gasteiger charge is -2.58. The molecule has 2 aliphatic carbocycles. The molecule has 0 radical (unpaired) electrons. The lowest BCUT2D eigenvalue weighted by Crippen LogP contribution is -2.57. The van der Waals surface area contributed by atoms with Crippen LogP contribution in [0.15, 0.2) is 42.5 Å². The number of anilines is 1. The highest BCUT2D eigenvalue weighted by atomic mass is 32.1. The van der Waals surface area contributed by atoms with Gasteiger partial charge in [0, 0.05) is 29.2 Å². The molecular formula is C31H35F2N3O5S. The Kier molecular flexibility index (Phi) is 8.37. The SMILES string of the molecule is COc1ccc(CNC(=O)CC2c3nc(NC(=O)c4c(F)cccc4F)sc3CC3C(C)(CO)C(O)CCC23C)cc1. The quantitative estimate of drug-likeness (QED) is 0.295. The molecule has 4 N–H and O–H groups in total. The third-order valence-corrected chi connectivity index (χ3v) is 10.4. The van der Waals surface area contributed by atoms with Gasteiger partial charge in [-0.25, -0.2) is 13.8 Å². The summed E-state index contributed by atoms with van der Waals surface area (Å²) in [5.74, 6) is -2.95. The Hall–Kier alpha value is -3.41. The van der Waals surface area contributed by atoms with Gasteiger partial charge < -0.3 is 20.3 Å². The van der Waals surface area contributed by atoms with Crippen LogP contribution in [-0.2, 0) is 17.8 Å². The van der Waals surface area contributed by atoms with Gasteiger partial charge in [0.1, 0.15) is 22.9 Å². The van der Waals surface area contributed by atoms with Crippen molar-refractivity contribution in [1.82, 2.24) is 10.3 Å². The van der Waals surface area contributed by atoms with E-state index >= 15 is 0 Å². The Balaban J connectivity index is 1.44. The van der Waals surface area contributed by atoms with E-state index in [4.69, 9.17) is 9.72 Å². The van der Waals surface area contributed by atoms with Gasteiger partial charge in [0.25, 0.3) is 5.91 Å². The van der Waals surface area contributed by atoms with Crippen molar-refractivity contribution in [3.8, 4) is 5.75 Å². The summed E-state index contributed by atoms with van der Waals surface area (Å²) >= 11 is 1.19. The molecule has 5 rings (SSSR count). The van der Waals surface area contributed by atoms with E-state index in [1.54, 1.807) is 7.11 Å². The number of methoxy groups -OCH3 is 1. The van der Waals surface area contributed by atoms with E-state index in [1.807, 2.05) is 31.2 Å². The van der Waals surface area contributed by atoms with Crippen LogP contribution in [0.1, 0.15) is 65.5 Å². The number of carbonyl (C=O) groups is 2. The van der Waals surface area contributed by atoms with E-state index in [0.29, 0.717) is 31.5 Å². The van der Waals surface area contributed by atoms with Crippen LogP contribution in [-0.4, -0.2) is 46.8 Å². The number of ether oxygens (including phenoxy) is 1. The van der Waals surface area contributed by atoms with Gasteiger partial charge in [0.2, 0.25) is 5.91 Å². The van der Waals surface area contributed by atoms with Crippen LogP contribution in [0.4, 0.5) is 13.9 Å². The van der Waals surface area contributed by atoms with Gasteiger partial charge in [-0.05, 0) is 60.4 Å². The van der Waals surface area contributed by atoms with E-state index in [9.17, 15) is 28.6 Å². The minimum Gasteiger partial charge on any atom is -0.497 e. The number of halogens is 2. The van der Waals surface area contributed by atoms with Crippen LogP contribution < -0.4 is 15.4 Å². The lowest BCUT2D eigenvalue weighted by molar-refractivity contribution is -0.144. The number of thiazole rings is 1. The molecule has 1 fully saturated rings. The van der Waals surface area contributed by atoms with Gasteiger partial charge in [-0.1, -0.05) is 32.0 Å². The predicted molar refractivity (Wildman–Crippen MR) is 154 cm³/mol. The summed E-state index contributed by atoms with van der Waals surface area (Å²) in [7, 11) is 1.59. The van der Waals surface area contributed by atoms with E-state index in [2.05, 4.69) is 17.6 Å². The first-order valence-corrected chi connectivity index (χ1v) is 14.7. The van der Waals surface area contributed by atoms with E-state index in [-0.39, 0.29) is 35.9 Å². The average Bonchev–Trinajstić information content (AvgIpc) is 3.37. The molecule has 2 aromatic carbocycles. The van der Waals surface area contributed by atoms with Crippen LogP contribution in [0.5, 0.6) is 5.75 Å². The second-order valence-electron chi connectivity index (χ2n) is 11.7. The maximum atomic E-state index is 14.3. The zero-order chi connectivity index (χ0) is 30.2. The fourth-order valence-electron chi connectivity index (χ4n) is 6.78. The van der Waals surface area contributed by atoms with Crippen molar-refractivity contribution in [3.63, 3.8) is 0 Å². The lowest BCUT2D eigenvalue weighted by atomic mass is 9.47. The van der Waals surface area contributed by atoms with Gasteiger partial charge >= 0.3 is 0 Å². The molecule has 0 spiro atoms. The highest BCUT2D eigenvalue weighted by molar-refractivity contribution is 7.15. The molecule has 224 valence electrons. The summed E-state index contributed by atoms with van der Waals surface area (Å²) in [5.41, 5.74) is -0.443. The monoisotopic (exact) mass is 599 g/mol. The average molecular weight is 600 g/mol. The maximum Gasteiger partial charge on any atom is 0.263 e. The van der Waals surface area contributed by atoms with Gasteiger partial charge in [-0.15, -0.1) is 11.3 Å². The number of aromatic nitrogens is 1. The van der Waals surface area contributed by atoms with Crippen LogP contribution in [0.2, 0.25) is 0 Å². The standard InChI is InChI=1S/C31H35F2N3O5S/c1-30-12-11-24(38)31(2,16-37)23(30)14-22-27(19(30)13-25(39)34-15-17-7-9-18(41-3)10-8-17)35-29(42-22)36-28(40)26-20(32)5-4-6-21(26)33/h4-10,19,23-24,37-38H,11-16H2,1-3H3,(H,34,39)(H,35,36,40). The number of nitrogens with zero attached hydrogens (tertiary/aromatic N) is 1. The van der Waals surface area contributed by atoms with Gasteiger partial charge in [0.15, 0.2) is 5.13 Å². The number of benzene rings is 2. The van der Waals surface area contributed by atoms with Gasteiger partial charge in [-0.2, -0.15) is 0 Å². The fourth-order valence-corrected chi connectivity index (χ4v) is 7.84. The Morgan fingerprint density at radius 2 is 1.83 bits per heavy atom. The fraction of sp³-hybridized carbons (Fsp3) is 0.452. The van der Waals surface area contributed by atoms with Crippen LogP contribution >= 0.6 is 11.3 Å². The largest absolute Gasteiger partial charge is 0.497 e. The third-order valence-electron chi connectivity index (χ3n) is 9.34. The van der Waals surface area contributed by atoms with Crippen molar-refractivity contribution in [1.29, 1.82) is 0 Å². The van der Waals surface area contributed by atoms with Crippen molar-refractivity contribution in [2.24, 2.45) is 16.7 Å². The second-order valence-corrected chi connectivity index (χ2v) is 12.8. The molecule has 0 saturated heterocycles. The molecule has 0 bridgehead atoms. The molecule has 0 aliphatic heterocycles. The van der Waals surface area contributed by atoms with Crippen LogP contribution in [0, 0.1) is 28.4 Å². The minimum absolute atomic E-state index is 0.104. The molecule has 5 unspecified atom stereocenters. The van der Waals surface area contributed by atoms with Crippen molar-refractivity contribution >= 4 is 28.3 Å². The first-order valence-electron chi connectivity index (χ1n) is 13.9. The molecule has 2 amide bonds.